The third-order valence-corrected chi connectivity index (χ3v) is 4.11. The van der Waals surface area contributed by atoms with Crippen LogP contribution >= 0.6 is 0 Å². The Morgan fingerprint density at radius 3 is 2.38 bits per heavy atom. The van der Waals surface area contributed by atoms with Gasteiger partial charge in [-0.05, 0) is 36.4 Å². The number of ether oxygens (including phenoxy) is 1. The third-order valence-electron chi connectivity index (χ3n) is 4.11. The molecule has 0 aliphatic carbocycles. The molecule has 0 aliphatic heterocycles. The average Bonchev–Trinajstić information content (AvgIpc) is 2.72. The van der Waals surface area contributed by atoms with Crippen molar-refractivity contribution in [2.24, 2.45) is 5.73 Å². The van der Waals surface area contributed by atoms with Crippen molar-refractivity contribution in [2.75, 3.05) is 5.32 Å². The van der Waals surface area contributed by atoms with Crippen LogP contribution in [0.15, 0.2) is 72.8 Å². The predicted molar refractivity (Wildman–Crippen MR) is 107 cm³/mol. The zero-order chi connectivity index (χ0) is 20.8. The molecule has 3 rings (SSSR count). The summed E-state index contributed by atoms with van der Waals surface area (Å²) in [6.07, 6.45) is 0. The van der Waals surface area contributed by atoms with E-state index in [0.29, 0.717) is 5.69 Å². The van der Waals surface area contributed by atoms with Crippen LogP contribution in [0.5, 0.6) is 5.75 Å². The van der Waals surface area contributed by atoms with Crippen LogP contribution in [-0.4, -0.2) is 16.7 Å². The topological polar surface area (TPSA) is 125 Å². The van der Waals surface area contributed by atoms with Crippen LogP contribution in [0.4, 0.5) is 11.4 Å². The molecule has 3 aromatic rings. The van der Waals surface area contributed by atoms with Crippen molar-refractivity contribution in [3.63, 3.8) is 0 Å². The number of anilines is 1. The van der Waals surface area contributed by atoms with Gasteiger partial charge in [0, 0.05) is 17.3 Å². The number of nitrogens with two attached hydrogens (primary N) is 1. The summed E-state index contributed by atoms with van der Waals surface area (Å²) < 4.78 is 5.69. The van der Waals surface area contributed by atoms with E-state index in [1.165, 1.54) is 12.1 Å². The zero-order valence-corrected chi connectivity index (χ0v) is 15.2. The van der Waals surface area contributed by atoms with Crippen LogP contribution in [0, 0.1) is 10.1 Å². The first-order valence-electron chi connectivity index (χ1n) is 8.61. The van der Waals surface area contributed by atoms with E-state index in [2.05, 4.69) is 5.32 Å². The van der Waals surface area contributed by atoms with Crippen LogP contribution in [0.1, 0.15) is 26.3 Å². The fraction of sp³-hybridized carbons (Fsp3) is 0.0476. The summed E-state index contributed by atoms with van der Waals surface area (Å²) in [5, 5.41) is 14.1. The second kappa shape index (κ2) is 8.66. The summed E-state index contributed by atoms with van der Waals surface area (Å²) in [7, 11) is 0. The molecule has 3 aromatic carbocycles. The molecule has 8 heteroatoms. The van der Waals surface area contributed by atoms with Gasteiger partial charge in [0.2, 0.25) is 5.91 Å². The van der Waals surface area contributed by atoms with Gasteiger partial charge in [0.05, 0.1) is 16.1 Å². The number of rotatable bonds is 7. The average molecular weight is 391 g/mol. The lowest BCUT2D eigenvalue weighted by molar-refractivity contribution is -0.385. The van der Waals surface area contributed by atoms with E-state index >= 15 is 0 Å². The Balaban J connectivity index is 1.81. The minimum Gasteiger partial charge on any atom is -0.488 e. The number of hydrogen-bond acceptors (Lipinski definition) is 5. The number of nitrogens with zero attached hydrogens (tertiary/aromatic N) is 1. The van der Waals surface area contributed by atoms with Gasteiger partial charge in [-0.2, -0.15) is 0 Å². The minimum atomic E-state index is -0.761. The standard InChI is InChI=1S/C21H17N3O5/c22-20(25)14-10-11-15(18(12-14)24(27)28)13-29-19-9-5-4-8-17(19)21(26)23-16-6-2-1-3-7-16/h1-12H,13H2,(H2,22,25)(H,23,26). The number of amides is 2. The molecule has 2 amide bonds. The van der Waals surface area contributed by atoms with Crippen molar-refractivity contribution in [1.29, 1.82) is 0 Å². The van der Waals surface area contributed by atoms with Crippen LogP contribution in [0.3, 0.4) is 0 Å². The highest BCUT2D eigenvalue weighted by molar-refractivity contribution is 6.06. The molecule has 146 valence electrons. The van der Waals surface area contributed by atoms with E-state index in [-0.39, 0.29) is 40.6 Å². The minimum absolute atomic E-state index is 0.0306. The van der Waals surface area contributed by atoms with E-state index in [1.54, 1.807) is 48.5 Å². The van der Waals surface area contributed by atoms with Crippen molar-refractivity contribution in [2.45, 2.75) is 6.61 Å². The van der Waals surface area contributed by atoms with Crippen LogP contribution in [0.2, 0.25) is 0 Å². The zero-order valence-electron chi connectivity index (χ0n) is 15.2. The van der Waals surface area contributed by atoms with Gasteiger partial charge in [-0.3, -0.25) is 19.7 Å². The smallest absolute Gasteiger partial charge is 0.276 e. The molecular formula is C21H17N3O5. The second-order valence-electron chi connectivity index (χ2n) is 6.07. The Morgan fingerprint density at radius 2 is 1.69 bits per heavy atom. The second-order valence-corrected chi connectivity index (χ2v) is 6.07. The maximum Gasteiger partial charge on any atom is 0.276 e. The Morgan fingerprint density at radius 1 is 1.00 bits per heavy atom. The molecule has 3 N–H and O–H groups in total. The third kappa shape index (κ3) is 4.75. The molecule has 0 aliphatic rings. The number of nitro groups is 1. The monoisotopic (exact) mass is 391 g/mol. The molecule has 0 unspecified atom stereocenters. The summed E-state index contributed by atoms with van der Waals surface area (Å²) in [6.45, 7) is -0.162. The Kier molecular flexibility index (Phi) is 5.84. The highest BCUT2D eigenvalue weighted by atomic mass is 16.6. The van der Waals surface area contributed by atoms with Gasteiger partial charge in [-0.15, -0.1) is 0 Å². The lowest BCUT2D eigenvalue weighted by Crippen LogP contribution is -2.14. The van der Waals surface area contributed by atoms with Gasteiger partial charge in [0.25, 0.3) is 11.6 Å². The molecule has 0 heterocycles. The number of hydrogen-bond donors (Lipinski definition) is 2. The predicted octanol–water partition coefficient (Wildman–Crippen LogP) is 3.53. The quantitative estimate of drug-likeness (QED) is 0.471. The first-order valence-corrected chi connectivity index (χ1v) is 8.61. The molecule has 29 heavy (non-hydrogen) atoms. The van der Waals surface area contributed by atoms with Crippen molar-refractivity contribution in [3.8, 4) is 5.75 Å². The fourth-order valence-electron chi connectivity index (χ4n) is 2.66. The Labute approximate surface area is 166 Å². The van der Waals surface area contributed by atoms with E-state index in [4.69, 9.17) is 10.5 Å². The van der Waals surface area contributed by atoms with E-state index in [0.717, 1.165) is 6.07 Å². The fourth-order valence-corrected chi connectivity index (χ4v) is 2.66. The summed E-state index contributed by atoms with van der Waals surface area (Å²) in [6, 6.07) is 19.4. The first kappa shape index (κ1) is 19.6. The molecule has 0 saturated carbocycles. The van der Waals surface area contributed by atoms with Crippen molar-refractivity contribution in [3.05, 3.63) is 99.6 Å². The Bertz CT molecular complexity index is 1070. The molecule has 8 nitrogen and oxygen atoms in total. The summed E-state index contributed by atoms with van der Waals surface area (Å²) in [4.78, 5) is 34.6. The number of nitrogens with one attached hydrogen (secondary N) is 1. The highest BCUT2D eigenvalue weighted by Crippen LogP contribution is 2.25. The van der Waals surface area contributed by atoms with Crippen LogP contribution in [0.25, 0.3) is 0 Å². The number of primary amides is 1. The normalized spacial score (nSPS) is 10.2. The first-order chi connectivity index (χ1) is 14.0. The molecule has 0 atom stereocenters. The molecule has 0 aromatic heterocycles. The molecule has 0 saturated heterocycles. The molecule has 0 fully saturated rings. The molecule has 0 spiro atoms. The van der Waals surface area contributed by atoms with E-state index < -0.39 is 10.8 Å². The number of carbonyl (C=O) groups excluding carboxylic acids is 2. The summed E-state index contributed by atoms with van der Waals surface area (Å²) >= 11 is 0. The van der Waals surface area contributed by atoms with E-state index in [1.807, 2.05) is 6.07 Å². The maximum atomic E-state index is 12.6. The summed E-state index contributed by atoms with van der Waals surface area (Å²) in [5.41, 5.74) is 6.09. The van der Waals surface area contributed by atoms with Gasteiger partial charge in [-0.25, -0.2) is 0 Å². The lowest BCUT2D eigenvalue weighted by atomic mass is 10.1. The van der Waals surface area contributed by atoms with Crippen LogP contribution < -0.4 is 15.8 Å². The van der Waals surface area contributed by atoms with Crippen LogP contribution in [-0.2, 0) is 6.61 Å². The van der Waals surface area contributed by atoms with Gasteiger partial charge in [-0.1, -0.05) is 30.3 Å². The number of benzene rings is 3. The highest BCUT2D eigenvalue weighted by Gasteiger charge is 2.18. The van der Waals surface area contributed by atoms with Gasteiger partial charge < -0.3 is 15.8 Å². The Hall–Kier alpha value is -4.20. The number of carbonyl (C=O) groups is 2. The molecule has 0 radical (unpaired) electrons. The maximum absolute atomic E-state index is 12.6. The number of nitro benzene ring substituents is 1. The van der Waals surface area contributed by atoms with E-state index in [9.17, 15) is 19.7 Å². The van der Waals surface area contributed by atoms with Crippen molar-refractivity contribution in [1.82, 2.24) is 0 Å². The summed E-state index contributed by atoms with van der Waals surface area (Å²) in [5.74, 6) is -0.858. The molecular weight excluding hydrogens is 374 g/mol. The van der Waals surface area contributed by atoms with Gasteiger partial charge in [0.15, 0.2) is 0 Å². The van der Waals surface area contributed by atoms with Gasteiger partial charge >= 0.3 is 0 Å². The number of para-hydroxylation sites is 2. The van der Waals surface area contributed by atoms with Crippen molar-refractivity contribution < 1.29 is 19.2 Å². The lowest BCUT2D eigenvalue weighted by Gasteiger charge is -2.12. The SMILES string of the molecule is NC(=O)c1ccc(COc2ccccc2C(=O)Nc2ccccc2)c([N+](=O)[O-])c1. The van der Waals surface area contributed by atoms with Gasteiger partial charge in [0.1, 0.15) is 12.4 Å². The van der Waals surface area contributed by atoms with Crippen molar-refractivity contribution >= 4 is 23.2 Å². The molecule has 0 bridgehead atoms. The largest absolute Gasteiger partial charge is 0.488 e.